The number of rotatable bonds is 2. The lowest BCUT2D eigenvalue weighted by atomic mass is 10.1. The Morgan fingerprint density at radius 2 is 1.82 bits per heavy atom. The van der Waals surface area contributed by atoms with Gasteiger partial charge in [-0.25, -0.2) is 8.42 Å². The number of nitrogens with zero attached hydrogens (tertiary/aromatic N) is 1. The van der Waals surface area contributed by atoms with Gasteiger partial charge >= 0.3 is 0 Å². The van der Waals surface area contributed by atoms with Crippen LogP contribution in [0.15, 0.2) is 27.6 Å². The number of sulfone groups is 1. The first kappa shape index (κ1) is 12.9. The lowest BCUT2D eigenvalue weighted by Gasteiger charge is -2.29. The van der Waals surface area contributed by atoms with Gasteiger partial charge in [-0.2, -0.15) is 0 Å². The van der Waals surface area contributed by atoms with Gasteiger partial charge in [0, 0.05) is 29.5 Å². The lowest BCUT2D eigenvalue weighted by Crippen LogP contribution is -2.29. The summed E-state index contributed by atoms with van der Waals surface area (Å²) in [6, 6.07) is 5.48. The Kier molecular flexibility index (Phi) is 3.78. The summed E-state index contributed by atoms with van der Waals surface area (Å²) in [7, 11) is -3.15. The molecular weight excluding hydrogens is 302 g/mol. The van der Waals surface area contributed by atoms with E-state index in [1.165, 1.54) is 25.5 Å². The van der Waals surface area contributed by atoms with Crippen molar-refractivity contribution in [3.63, 3.8) is 0 Å². The van der Waals surface area contributed by atoms with E-state index in [0.29, 0.717) is 9.37 Å². The van der Waals surface area contributed by atoms with Crippen LogP contribution in [0.2, 0.25) is 0 Å². The van der Waals surface area contributed by atoms with E-state index < -0.39 is 9.84 Å². The van der Waals surface area contributed by atoms with Crippen molar-refractivity contribution in [3.8, 4) is 0 Å². The van der Waals surface area contributed by atoms with Gasteiger partial charge in [-0.1, -0.05) is 0 Å². The summed E-state index contributed by atoms with van der Waals surface area (Å²) in [5.74, 6) is 0. The second kappa shape index (κ2) is 4.98. The summed E-state index contributed by atoms with van der Waals surface area (Å²) in [5.41, 5.74) is 1.10. The predicted molar refractivity (Wildman–Crippen MR) is 73.3 cm³/mol. The van der Waals surface area contributed by atoms with Crippen LogP contribution >= 0.6 is 15.9 Å². The molecule has 1 aromatic carbocycles. The molecule has 94 valence electrons. The molecule has 0 atom stereocenters. The summed E-state index contributed by atoms with van der Waals surface area (Å²) in [4.78, 5) is 2.67. The molecule has 1 aliphatic rings. The highest BCUT2D eigenvalue weighted by molar-refractivity contribution is 9.10. The van der Waals surface area contributed by atoms with Gasteiger partial charge in [-0.15, -0.1) is 0 Å². The van der Waals surface area contributed by atoms with E-state index in [1.54, 1.807) is 6.07 Å². The molecule has 0 spiro atoms. The topological polar surface area (TPSA) is 37.4 Å². The van der Waals surface area contributed by atoms with Crippen LogP contribution in [0.25, 0.3) is 0 Å². The van der Waals surface area contributed by atoms with Crippen molar-refractivity contribution in [2.24, 2.45) is 0 Å². The first-order chi connectivity index (χ1) is 7.98. The molecule has 3 nitrogen and oxygen atoms in total. The molecule has 0 aromatic heterocycles. The number of piperidine rings is 1. The van der Waals surface area contributed by atoms with Crippen molar-refractivity contribution in [1.29, 1.82) is 0 Å². The van der Waals surface area contributed by atoms with Gasteiger partial charge in [-0.3, -0.25) is 0 Å². The smallest absolute Gasteiger partial charge is 0.176 e. The minimum Gasteiger partial charge on any atom is -0.372 e. The van der Waals surface area contributed by atoms with Crippen LogP contribution in [-0.2, 0) is 9.84 Å². The Morgan fingerprint density at radius 1 is 1.18 bits per heavy atom. The molecule has 2 rings (SSSR count). The van der Waals surface area contributed by atoms with Crippen molar-refractivity contribution in [2.45, 2.75) is 24.2 Å². The Balaban J connectivity index is 2.30. The van der Waals surface area contributed by atoms with Crippen LogP contribution in [0.1, 0.15) is 19.3 Å². The first-order valence-corrected chi connectivity index (χ1v) is 8.41. The van der Waals surface area contributed by atoms with Crippen LogP contribution in [0.4, 0.5) is 5.69 Å². The number of benzene rings is 1. The monoisotopic (exact) mass is 317 g/mol. The number of halogens is 1. The first-order valence-electron chi connectivity index (χ1n) is 5.73. The van der Waals surface area contributed by atoms with Gasteiger partial charge < -0.3 is 4.90 Å². The third-order valence-electron chi connectivity index (χ3n) is 3.04. The highest BCUT2D eigenvalue weighted by Gasteiger charge is 2.15. The van der Waals surface area contributed by atoms with Crippen molar-refractivity contribution in [1.82, 2.24) is 0 Å². The molecule has 0 aliphatic carbocycles. The maximum absolute atomic E-state index is 11.5. The Hall–Kier alpha value is -0.550. The van der Waals surface area contributed by atoms with E-state index in [1.807, 2.05) is 12.1 Å². The number of hydrogen-bond donors (Lipinski definition) is 0. The van der Waals surface area contributed by atoms with Gasteiger partial charge in [0.15, 0.2) is 9.84 Å². The quantitative estimate of drug-likeness (QED) is 0.841. The fourth-order valence-corrected chi connectivity index (χ4v) is 4.12. The normalized spacial score (nSPS) is 17.2. The predicted octanol–water partition coefficient (Wildman–Crippen LogP) is 2.84. The molecule has 0 unspecified atom stereocenters. The van der Waals surface area contributed by atoms with E-state index in [9.17, 15) is 8.42 Å². The molecule has 1 saturated heterocycles. The van der Waals surface area contributed by atoms with Gasteiger partial charge in [0.2, 0.25) is 0 Å². The molecule has 0 amide bonds. The van der Waals surface area contributed by atoms with E-state index in [4.69, 9.17) is 0 Å². The van der Waals surface area contributed by atoms with Crippen LogP contribution in [0.5, 0.6) is 0 Å². The van der Waals surface area contributed by atoms with E-state index in [0.717, 1.165) is 18.8 Å². The van der Waals surface area contributed by atoms with Gasteiger partial charge in [0.25, 0.3) is 0 Å². The Labute approximate surface area is 111 Å². The molecule has 0 saturated carbocycles. The SMILES string of the molecule is CS(=O)(=O)c1ccc(N2CCCCC2)cc1Br. The van der Waals surface area contributed by atoms with Crippen molar-refractivity contribution < 1.29 is 8.42 Å². The van der Waals surface area contributed by atoms with E-state index in [2.05, 4.69) is 20.8 Å². The van der Waals surface area contributed by atoms with E-state index >= 15 is 0 Å². The Morgan fingerprint density at radius 3 is 2.35 bits per heavy atom. The molecule has 0 N–H and O–H groups in total. The van der Waals surface area contributed by atoms with E-state index in [-0.39, 0.29) is 0 Å². The maximum atomic E-state index is 11.5. The molecule has 5 heteroatoms. The molecular formula is C12H16BrNO2S. The van der Waals surface area contributed by atoms with Crippen LogP contribution in [0, 0.1) is 0 Å². The van der Waals surface area contributed by atoms with Crippen LogP contribution in [0.3, 0.4) is 0 Å². The third kappa shape index (κ3) is 3.01. The summed E-state index contributed by atoms with van der Waals surface area (Å²) < 4.78 is 23.7. The average Bonchev–Trinajstić information content (AvgIpc) is 2.28. The number of hydrogen-bond acceptors (Lipinski definition) is 3. The number of anilines is 1. The fraction of sp³-hybridized carbons (Fsp3) is 0.500. The zero-order chi connectivity index (χ0) is 12.5. The van der Waals surface area contributed by atoms with Gasteiger partial charge in [-0.05, 0) is 53.4 Å². The third-order valence-corrected chi connectivity index (χ3v) is 5.11. The fourth-order valence-electron chi connectivity index (χ4n) is 2.14. The molecule has 1 fully saturated rings. The maximum Gasteiger partial charge on any atom is 0.176 e. The highest BCUT2D eigenvalue weighted by atomic mass is 79.9. The van der Waals surface area contributed by atoms with Crippen molar-refractivity contribution in [3.05, 3.63) is 22.7 Å². The Bertz CT molecular complexity index is 507. The van der Waals surface area contributed by atoms with Gasteiger partial charge in [0.1, 0.15) is 0 Å². The molecule has 1 aliphatic heterocycles. The second-order valence-electron chi connectivity index (χ2n) is 4.43. The summed E-state index contributed by atoms with van der Waals surface area (Å²) in [6.07, 6.45) is 4.95. The lowest BCUT2D eigenvalue weighted by molar-refractivity contribution is 0.577. The molecule has 1 heterocycles. The molecule has 0 bridgehead atoms. The summed E-state index contributed by atoms with van der Waals surface area (Å²) in [6.45, 7) is 2.12. The average molecular weight is 318 g/mol. The van der Waals surface area contributed by atoms with Crippen LogP contribution < -0.4 is 4.90 Å². The molecule has 17 heavy (non-hydrogen) atoms. The zero-order valence-electron chi connectivity index (χ0n) is 9.82. The van der Waals surface area contributed by atoms with Gasteiger partial charge in [0.05, 0.1) is 4.90 Å². The van der Waals surface area contributed by atoms with Crippen LogP contribution in [-0.4, -0.2) is 27.8 Å². The summed E-state index contributed by atoms with van der Waals surface area (Å²) >= 11 is 3.34. The molecule has 0 radical (unpaired) electrons. The largest absolute Gasteiger partial charge is 0.372 e. The highest BCUT2D eigenvalue weighted by Crippen LogP contribution is 2.28. The minimum absolute atomic E-state index is 0.359. The standard InChI is InChI=1S/C12H16BrNO2S/c1-17(15,16)12-6-5-10(9-11(12)13)14-7-3-2-4-8-14/h5-6,9H,2-4,7-8H2,1H3. The molecule has 1 aromatic rings. The minimum atomic E-state index is -3.15. The van der Waals surface area contributed by atoms with Crippen molar-refractivity contribution >= 4 is 31.5 Å². The zero-order valence-corrected chi connectivity index (χ0v) is 12.2. The second-order valence-corrected chi connectivity index (χ2v) is 7.27. The van der Waals surface area contributed by atoms with Crippen molar-refractivity contribution in [2.75, 3.05) is 24.2 Å². The summed E-state index contributed by atoms with van der Waals surface area (Å²) in [5, 5.41) is 0.